The molecule has 2 aromatic carbocycles. The van der Waals surface area contributed by atoms with Crippen LogP contribution in [0.4, 0.5) is 24.5 Å². The molecule has 18 heteroatoms. The Bertz CT molecular complexity index is 2260. The van der Waals surface area contributed by atoms with Crippen molar-refractivity contribution in [2.75, 3.05) is 30.0 Å². The van der Waals surface area contributed by atoms with Crippen molar-refractivity contribution < 1.29 is 41.8 Å². The number of para-hydroxylation sites is 1. The number of hydrogen-bond acceptors (Lipinski definition) is 10. The third-order valence-electron chi connectivity index (χ3n) is 12.6. The van der Waals surface area contributed by atoms with Crippen LogP contribution in [0.25, 0.3) is 10.9 Å². The lowest BCUT2D eigenvalue weighted by molar-refractivity contribution is -0.138. The lowest BCUT2D eigenvalue weighted by atomic mass is 9.89. The van der Waals surface area contributed by atoms with Crippen LogP contribution in [0.2, 0.25) is 0 Å². The number of hydrogen-bond donors (Lipinski definition) is 2. The monoisotopic (exact) mass is 864 g/mol. The van der Waals surface area contributed by atoms with E-state index in [1.54, 1.807) is 31.6 Å². The number of benzene rings is 2. The van der Waals surface area contributed by atoms with Crippen molar-refractivity contribution in [3.8, 4) is 6.07 Å². The maximum Gasteiger partial charge on any atom is 0.417 e. The fourth-order valence-corrected chi connectivity index (χ4v) is 10.2. The highest BCUT2D eigenvalue weighted by molar-refractivity contribution is 7.80. The molecule has 1 saturated carbocycles. The topological polar surface area (TPSA) is 162 Å². The first-order valence-corrected chi connectivity index (χ1v) is 21.2. The fourth-order valence-electron chi connectivity index (χ4n) is 9.60. The van der Waals surface area contributed by atoms with E-state index in [4.69, 9.17) is 21.7 Å². The van der Waals surface area contributed by atoms with E-state index in [1.165, 1.54) is 6.07 Å². The van der Waals surface area contributed by atoms with E-state index in [9.17, 15) is 37.6 Å². The molecule has 2 N–H and O–H groups in total. The molecule has 7 rings (SSSR count). The quantitative estimate of drug-likeness (QED) is 0.134. The van der Waals surface area contributed by atoms with E-state index in [-0.39, 0.29) is 71.8 Å². The van der Waals surface area contributed by atoms with Crippen molar-refractivity contribution in [2.24, 2.45) is 7.05 Å². The lowest BCUT2D eigenvalue weighted by Gasteiger charge is -2.42. The molecule has 3 aliphatic heterocycles. The Balaban J connectivity index is 0.861. The molecule has 2 unspecified atom stereocenters. The first kappa shape index (κ1) is 44.1. The number of nitrogens with one attached hydrogen (secondary N) is 2. The van der Waals surface area contributed by atoms with Gasteiger partial charge < -0.3 is 19.7 Å². The van der Waals surface area contributed by atoms with Gasteiger partial charge in [0.05, 0.1) is 77.7 Å². The second-order valence-electron chi connectivity index (χ2n) is 17.1. The summed E-state index contributed by atoms with van der Waals surface area (Å²) < 4.78 is 55.4. The molecule has 0 radical (unpaired) electrons. The molecule has 1 aromatic heterocycles. The number of carbonyl (C=O) groups excluding carboxylic acids is 4. The Morgan fingerprint density at radius 2 is 1.69 bits per heavy atom. The van der Waals surface area contributed by atoms with Crippen molar-refractivity contribution in [3.63, 3.8) is 0 Å². The second kappa shape index (κ2) is 17.4. The molecule has 3 aromatic rings. The summed E-state index contributed by atoms with van der Waals surface area (Å²) in [4.78, 5) is 56.6. The maximum atomic E-state index is 13.7. The Morgan fingerprint density at radius 1 is 1.02 bits per heavy atom. The van der Waals surface area contributed by atoms with Gasteiger partial charge in [-0.25, -0.2) is 0 Å². The van der Waals surface area contributed by atoms with Crippen LogP contribution < -0.4 is 15.5 Å². The lowest BCUT2D eigenvalue weighted by Crippen LogP contribution is -2.51. The number of likely N-dealkylation sites (tertiary alicyclic amines) is 1. The molecule has 4 aliphatic rings. The van der Waals surface area contributed by atoms with Crippen LogP contribution in [0.15, 0.2) is 36.4 Å². The molecule has 1 aliphatic carbocycles. The summed E-state index contributed by atoms with van der Waals surface area (Å²) >= 11 is 5.74. The number of piperidine rings is 2. The van der Waals surface area contributed by atoms with Gasteiger partial charge in [0, 0.05) is 37.0 Å². The van der Waals surface area contributed by atoms with Crippen molar-refractivity contribution >= 4 is 63.2 Å². The predicted molar refractivity (Wildman–Crippen MR) is 223 cm³/mol. The van der Waals surface area contributed by atoms with E-state index >= 15 is 0 Å². The minimum absolute atomic E-state index is 0.000231. The number of nitriles is 1. The van der Waals surface area contributed by atoms with Gasteiger partial charge in [-0.3, -0.25) is 39.0 Å². The predicted octanol–water partition coefficient (Wildman–Crippen LogP) is 5.92. The summed E-state index contributed by atoms with van der Waals surface area (Å²) in [5.41, 5.74) is -0.855. The van der Waals surface area contributed by atoms with Crippen LogP contribution in [0.1, 0.15) is 102 Å². The first-order chi connectivity index (χ1) is 28.9. The number of imide groups is 1. The van der Waals surface area contributed by atoms with Gasteiger partial charge in [-0.2, -0.15) is 23.5 Å². The summed E-state index contributed by atoms with van der Waals surface area (Å²) in [7, 11) is 1.77. The molecule has 14 nitrogen and oxygen atoms in total. The zero-order chi connectivity index (χ0) is 44.0. The van der Waals surface area contributed by atoms with Gasteiger partial charge in [0.15, 0.2) is 5.11 Å². The van der Waals surface area contributed by atoms with Crippen LogP contribution in [0.3, 0.4) is 0 Å². The summed E-state index contributed by atoms with van der Waals surface area (Å²) in [6.07, 6.45) is 0.123. The highest BCUT2D eigenvalue weighted by Crippen LogP contribution is 2.41. The van der Waals surface area contributed by atoms with Crippen LogP contribution >= 0.6 is 12.2 Å². The first-order valence-electron chi connectivity index (χ1n) is 20.8. The number of alkyl halides is 3. The molecule has 4 amide bonds. The minimum atomic E-state index is -4.77. The van der Waals surface area contributed by atoms with E-state index in [0.717, 1.165) is 35.3 Å². The number of anilines is 2. The standard InChI is InChI=1S/C43H51F3N8O6S/c1-24-19-30(20-25(2)52(24)23-36(56)48-34-8-6-7-31-37(50-51(5)38(31)34)32-15-16-35(55)49-39(32)57)60-18-17-59-29-13-11-27(12-14-29)54-41(61)53(40(58)42(54,3)4)28-10-9-26(22-47)33(21-28)43(44,45)46/h6-10,21,24-25,27,29-30,32H,11-20,23H2,1-5H3,(H,48,56)(H,49,55,57)/t24-,25+,27-,29-,30?,32?. The van der Waals surface area contributed by atoms with Crippen molar-refractivity contribution in [1.82, 2.24) is 24.9 Å². The molecule has 4 heterocycles. The average Bonchev–Trinajstić information content (AvgIpc) is 3.62. The Labute approximate surface area is 357 Å². The highest BCUT2D eigenvalue weighted by atomic mass is 32.1. The van der Waals surface area contributed by atoms with Crippen molar-refractivity contribution in [1.29, 1.82) is 5.26 Å². The normalized spacial score (nSPS) is 26.1. The van der Waals surface area contributed by atoms with Gasteiger partial charge in [0.1, 0.15) is 5.54 Å². The Hall–Kier alpha value is -4.96. The Morgan fingerprint density at radius 3 is 2.33 bits per heavy atom. The largest absolute Gasteiger partial charge is 0.417 e. The van der Waals surface area contributed by atoms with Crippen LogP contribution in [-0.4, -0.2) is 104 Å². The smallest absolute Gasteiger partial charge is 0.376 e. The molecule has 0 spiro atoms. The van der Waals surface area contributed by atoms with Gasteiger partial charge in [-0.15, -0.1) is 0 Å². The van der Waals surface area contributed by atoms with Gasteiger partial charge in [-0.05, 0) is 109 Å². The van der Waals surface area contributed by atoms with E-state index < -0.39 is 34.7 Å². The number of ether oxygens (including phenoxy) is 2. The number of nitrogens with zero attached hydrogens (tertiary/aromatic N) is 6. The SMILES string of the molecule is C[C@@H]1CC(OCCO[C@H]2CC[C@H](N3C(=S)N(c4ccc(C#N)c(C(F)(F)F)c4)C(=O)C3(C)C)CC2)C[C@H](C)N1CC(=O)Nc1cccc2c(C3CCC(=O)NC3=O)nn(C)c12. The summed E-state index contributed by atoms with van der Waals surface area (Å²) in [6, 6.07) is 10.3. The maximum absolute atomic E-state index is 13.7. The van der Waals surface area contributed by atoms with Crippen LogP contribution in [0, 0.1) is 11.3 Å². The Kier molecular flexibility index (Phi) is 12.6. The van der Waals surface area contributed by atoms with Crippen LogP contribution in [-0.2, 0) is 41.9 Å². The van der Waals surface area contributed by atoms with E-state index in [1.807, 2.05) is 23.1 Å². The number of aromatic nitrogens is 2. The van der Waals surface area contributed by atoms with Crippen molar-refractivity contribution in [2.45, 2.75) is 127 Å². The average molecular weight is 865 g/mol. The molecule has 3 saturated heterocycles. The van der Waals surface area contributed by atoms with E-state index in [2.05, 4.69) is 34.5 Å². The van der Waals surface area contributed by atoms with Gasteiger partial charge in [0.25, 0.3) is 5.91 Å². The van der Waals surface area contributed by atoms with Crippen LogP contribution in [0.5, 0.6) is 0 Å². The second-order valence-corrected chi connectivity index (χ2v) is 17.5. The van der Waals surface area contributed by atoms with Gasteiger partial charge in [0.2, 0.25) is 17.7 Å². The molecule has 0 bridgehead atoms. The van der Waals surface area contributed by atoms with Gasteiger partial charge >= 0.3 is 6.18 Å². The summed E-state index contributed by atoms with van der Waals surface area (Å²) in [5.74, 6) is -1.79. The molecule has 61 heavy (non-hydrogen) atoms. The molecule has 4 atom stereocenters. The number of rotatable bonds is 11. The summed E-state index contributed by atoms with van der Waals surface area (Å²) in [5, 5.41) is 20.2. The van der Waals surface area contributed by atoms with Crippen molar-refractivity contribution in [3.05, 3.63) is 53.2 Å². The summed E-state index contributed by atoms with van der Waals surface area (Å²) in [6.45, 7) is 8.64. The zero-order valence-corrected chi connectivity index (χ0v) is 35.7. The van der Waals surface area contributed by atoms with Gasteiger partial charge in [-0.1, -0.05) is 12.1 Å². The third kappa shape index (κ3) is 8.88. The number of fused-ring (bicyclic) bond motifs is 1. The third-order valence-corrected chi connectivity index (χ3v) is 13.0. The number of thiocarbonyl (C=S) groups is 1. The molecular weight excluding hydrogens is 814 g/mol. The highest BCUT2D eigenvalue weighted by Gasteiger charge is 2.52. The number of aryl methyl sites for hydroxylation is 1. The molecule has 326 valence electrons. The zero-order valence-electron chi connectivity index (χ0n) is 34.9. The van der Waals surface area contributed by atoms with E-state index in [0.29, 0.717) is 62.2 Å². The number of halogens is 3. The molecule has 4 fully saturated rings. The minimum Gasteiger partial charge on any atom is -0.376 e. The number of amides is 4. The number of carbonyl (C=O) groups is 4. The molecular formula is C43H51F3N8O6S. The fraction of sp³-hybridized carbons (Fsp3) is 0.558.